The summed E-state index contributed by atoms with van der Waals surface area (Å²) in [6, 6.07) is 0. The molecule has 0 aliphatic carbocycles. The number of rotatable bonds is 3. The number of alkyl halides is 3. The SMILES string of the molecule is N=C(N)C1CCN(CCC(F)(F)F)CC1. The van der Waals surface area contributed by atoms with Crippen molar-refractivity contribution in [2.45, 2.75) is 25.4 Å². The molecule has 0 bridgehead atoms. The molecule has 1 fully saturated rings. The fraction of sp³-hybridized carbons (Fsp3) is 0.889. The summed E-state index contributed by atoms with van der Waals surface area (Å²) in [6.45, 7) is 1.29. The third-order valence-corrected chi connectivity index (χ3v) is 2.74. The van der Waals surface area contributed by atoms with Crippen LogP contribution in [0.15, 0.2) is 0 Å². The Bertz CT molecular complexity index is 219. The fourth-order valence-corrected chi connectivity index (χ4v) is 1.75. The van der Waals surface area contributed by atoms with Gasteiger partial charge in [-0.2, -0.15) is 13.2 Å². The number of hydrogen-bond donors (Lipinski definition) is 2. The van der Waals surface area contributed by atoms with E-state index in [1.807, 2.05) is 0 Å². The molecule has 0 saturated carbocycles. The minimum Gasteiger partial charge on any atom is -0.387 e. The normalized spacial score (nSPS) is 20.5. The van der Waals surface area contributed by atoms with Crippen molar-refractivity contribution in [2.24, 2.45) is 11.7 Å². The molecule has 1 saturated heterocycles. The molecule has 3 nitrogen and oxygen atoms in total. The van der Waals surface area contributed by atoms with Crippen LogP contribution in [0.2, 0.25) is 0 Å². The number of amidine groups is 1. The van der Waals surface area contributed by atoms with Crippen molar-refractivity contribution >= 4 is 5.84 Å². The summed E-state index contributed by atoms with van der Waals surface area (Å²) in [5.74, 6) is 0.220. The van der Waals surface area contributed by atoms with E-state index in [1.165, 1.54) is 0 Å². The van der Waals surface area contributed by atoms with Crippen LogP contribution in [0.5, 0.6) is 0 Å². The van der Waals surface area contributed by atoms with E-state index in [0.29, 0.717) is 25.9 Å². The molecule has 0 atom stereocenters. The average Bonchev–Trinajstić information content (AvgIpc) is 2.14. The van der Waals surface area contributed by atoms with Crippen LogP contribution in [0.25, 0.3) is 0 Å². The third-order valence-electron chi connectivity index (χ3n) is 2.74. The van der Waals surface area contributed by atoms with Gasteiger partial charge in [0.25, 0.3) is 0 Å². The van der Waals surface area contributed by atoms with Crippen molar-refractivity contribution in [3.63, 3.8) is 0 Å². The van der Waals surface area contributed by atoms with E-state index < -0.39 is 12.6 Å². The van der Waals surface area contributed by atoms with Crippen LogP contribution >= 0.6 is 0 Å². The molecule has 1 rings (SSSR count). The highest BCUT2D eigenvalue weighted by molar-refractivity contribution is 5.79. The quantitative estimate of drug-likeness (QED) is 0.564. The lowest BCUT2D eigenvalue weighted by molar-refractivity contribution is -0.138. The van der Waals surface area contributed by atoms with Gasteiger partial charge in [0, 0.05) is 12.5 Å². The molecule has 0 spiro atoms. The average molecular weight is 223 g/mol. The maximum absolute atomic E-state index is 11.9. The van der Waals surface area contributed by atoms with Crippen LogP contribution in [-0.2, 0) is 0 Å². The number of nitrogens with two attached hydrogens (primary N) is 1. The van der Waals surface area contributed by atoms with Crippen LogP contribution in [0.1, 0.15) is 19.3 Å². The summed E-state index contributed by atoms with van der Waals surface area (Å²) in [5, 5.41) is 7.24. The molecule has 0 amide bonds. The van der Waals surface area contributed by atoms with Crippen molar-refractivity contribution in [2.75, 3.05) is 19.6 Å². The van der Waals surface area contributed by atoms with Crippen LogP contribution in [0.4, 0.5) is 13.2 Å². The van der Waals surface area contributed by atoms with Crippen molar-refractivity contribution < 1.29 is 13.2 Å². The van der Waals surface area contributed by atoms with Gasteiger partial charge >= 0.3 is 6.18 Å². The zero-order valence-electron chi connectivity index (χ0n) is 8.48. The Hall–Kier alpha value is -0.780. The summed E-state index contributed by atoms with van der Waals surface area (Å²) in [5.41, 5.74) is 5.34. The highest BCUT2D eigenvalue weighted by Gasteiger charge is 2.29. The number of nitrogens with one attached hydrogen (secondary N) is 1. The fourth-order valence-electron chi connectivity index (χ4n) is 1.75. The second-order valence-corrected chi connectivity index (χ2v) is 3.94. The van der Waals surface area contributed by atoms with Gasteiger partial charge in [-0.25, -0.2) is 0 Å². The maximum atomic E-state index is 11.9. The Morgan fingerprint density at radius 3 is 2.27 bits per heavy atom. The molecule has 3 N–H and O–H groups in total. The molecular weight excluding hydrogens is 207 g/mol. The Balaban J connectivity index is 2.23. The highest BCUT2D eigenvalue weighted by atomic mass is 19.4. The standard InChI is InChI=1S/C9H16F3N3/c10-9(11,12)3-6-15-4-1-7(2-5-15)8(13)14/h7H,1-6H2,(H3,13,14). The molecule has 1 heterocycles. The third kappa shape index (κ3) is 4.51. The van der Waals surface area contributed by atoms with Crippen LogP contribution in [-0.4, -0.2) is 36.5 Å². The number of nitrogens with zero attached hydrogens (tertiary/aromatic N) is 1. The Morgan fingerprint density at radius 1 is 1.33 bits per heavy atom. The van der Waals surface area contributed by atoms with E-state index in [2.05, 4.69) is 0 Å². The van der Waals surface area contributed by atoms with E-state index in [4.69, 9.17) is 11.1 Å². The Morgan fingerprint density at radius 2 is 1.87 bits per heavy atom. The lowest BCUT2D eigenvalue weighted by Gasteiger charge is -2.31. The first-order chi connectivity index (χ1) is 6.88. The van der Waals surface area contributed by atoms with Gasteiger partial charge in [0.05, 0.1) is 12.3 Å². The summed E-state index contributed by atoms with van der Waals surface area (Å²) in [7, 11) is 0. The van der Waals surface area contributed by atoms with Gasteiger partial charge in [-0.1, -0.05) is 0 Å². The van der Waals surface area contributed by atoms with E-state index in [0.717, 1.165) is 0 Å². The molecule has 0 aromatic carbocycles. The monoisotopic (exact) mass is 223 g/mol. The van der Waals surface area contributed by atoms with Crippen molar-refractivity contribution in [3.05, 3.63) is 0 Å². The van der Waals surface area contributed by atoms with Gasteiger partial charge in [0.1, 0.15) is 0 Å². The molecule has 0 unspecified atom stereocenters. The molecule has 0 aromatic heterocycles. The molecule has 1 aliphatic rings. The van der Waals surface area contributed by atoms with E-state index >= 15 is 0 Å². The van der Waals surface area contributed by atoms with Crippen LogP contribution < -0.4 is 5.73 Å². The summed E-state index contributed by atoms with van der Waals surface area (Å²) in [4.78, 5) is 1.78. The second-order valence-electron chi connectivity index (χ2n) is 3.94. The minimum atomic E-state index is -4.07. The predicted octanol–water partition coefficient (Wildman–Crippen LogP) is 1.59. The van der Waals surface area contributed by atoms with Gasteiger partial charge in [-0.15, -0.1) is 0 Å². The van der Waals surface area contributed by atoms with Gasteiger partial charge in [0.2, 0.25) is 0 Å². The zero-order chi connectivity index (χ0) is 11.5. The number of hydrogen-bond acceptors (Lipinski definition) is 2. The summed E-state index contributed by atoms with van der Waals surface area (Å²) >= 11 is 0. The largest absolute Gasteiger partial charge is 0.390 e. The van der Waals surface area contributed by atoms with Crippen molar-refractivity contribution in [1.82, 2.24) is 4.90 Å². The van der Waals surface area contributed by atoms with Gasteiger partial charge in [0.15, 0.2) is 0 Å². The molecule has 88 valence electrons. The topological polar surface area (TPSA) is 53.1 Å². The first kappa shape index (κ1) is 12.3. The van der Waals surface area contributed by atoms with Crippen LogP contribution in [0.3, 0.4) is 0 Å². The molecule has 0 aromatic rings. The molecule has 0 radical (unpaired) electrons. The summed E-state index contributed by atoms with van der Waals surface area (Å²) < 4.78 is 35.8. The second kappa shape index (κ2) is 4.83. The Kier molecular flexibility index (Phi) is 3.96. The van der Waals surface area contributed by atoms with E-state index in [9.17, 15) is 13.2 Å². The van der Waals surface area contributed by atoms with E-state index in [-0.39, 0.29) is 18.3 Å². The number of piperidine rings is 1. The molecule has 15 heavy (non-hydrogen) atoms. The molecule has 6 heteroatoms. The Labute approximate surface area is 86.9 Å². The van der Waals surface area contributed by atoms with Crippen molar-refractivity contribution in [3.8, 4) is 0 Å². The minimum absolute atomic E-state index is 0.0622. The molecular formula is C9H16F3N3. The maximum Gasteiger partial charge on any atom is 0.390 e. The highest BCUT2D eigenvalue weighted by Crippen LogP contribution is 2.22. The molecule has 1 aliphatic heterocycles. The number of halogens is 3. The lowest BCUT2D eigenvalue weighted by atomic mass is 9.96. The lowest BCUT2D eigenvalue weighted by Crippen LogP contribution is -2.39. The van der Waals surface area contributed by atoms with Gasteiger partial charge < -0.3 is 10.6 Å². The van der Waals surface area contributed by atoms with Crippen LogP contribution in [0, 0.1) is 11.3 Å². The smallest absolute Gasteiger partial charge is 0.387 e. The van der Waals surface area contributed by atoms with E-state index in [1.54, 1.807) is 4.90 Å². The summed E-state index contributed by atoms with van der Waals surface area (Å²) in [6.07, 6.45) is -3.42. The first-order valence-electron chi connectivity index (χ1n) is 5.01. The predicted molar refractivity (Wildman–Crippen MR) is 51.8 cm³/mol. The van der Waals surface area contributed by atoms with Gasteiger partial charge in [-0.3, -0.25) is 5.41 Å². The van der Waals surface area contributed by atoms with Gasteiger partial charge in [-0.05, 0) is 25.9 Å². The first-order valence-corrected chi connectivity index (χ1v) is 5.01. The zero-order valence-corrected chi connectivity index (χ0v) is 8.48. The van der Waals surface area contributed by atoms with Crippen molar-refractivity contribution in [1.29, 1.82) is 5.41 Å². The number of likely N-dealkylation sites (tertiary alicyclic amines) is 1.